The Morgan fingerprint density at radius 3 is 1.50 bits per heavy atom. The van der Waals surface area contributed by atoms with Crippen LogP contribution in [0.15, 0.2) is 0 Å². The molecule has 0 amide bonds. The molecule has 0 fully saturated rings. The Hall–Kier alpha value is -0.0800. The van der Waals surface area contributed by atoms with Crippen molar-refractivity contribution in [2.75, 3.05) is 45.8 Å². The molecule has 0 aliphatic heterocycles. The lowest BCUT2D eigenvalue weighted by molar-refractivity contribution is -0.922. The zero-order valence-corrected chi connectivity index (χ0v) is 10.8. The van der Waals surface area contributed by atoms with Crippen LogP contribution in [0.3, 0.4) is 0 Å². The maximum Gasteiger partial charge on any atom is 0.0915 e. The van der Waals surface area contributed by atoms with Gasteiger partial charge in [0, 0.05) is 6.54 Å². The molecule has 0 bridgehead atoms. The van der Waals surface area contributed by atoms with Gasteiger partial charge in [0.15, 0.2) is 0 Å². The topological polar surface area (TPSA) is 3.24 Å². The zero-order valence-electron chi connectivity index (χ0n) is 10.8. The molecule has 0 N–H and O–H groups in total. The molecule has 0 aromatic carbocycles. The van der Waals surface area contributed by atoms with E-state index in [0.717, 1.165) is 0 Å². The lowest BCUT2D eigenvalue weighted by atomic mass is 10.3. The van der Waals surface area contributed by atoms with Gasteiger partial charge >= 0.3 is 0 Å². The van der Waals surface area contributed by atoms with Crippen molar-refractivity contribution in [2.45, 2.75) is 34.6 Å². The summed E-state index contributed by atoms with van der Waals surface area (Å²) in [5.41, 5.74) is 0. The lowest BCUT2D eigenvalue weighted by Crippen LogP contribution is -2.51. The predicted molar refractivity (Wildman–Crippen MR) is 64.5 cm³/mol. The van der Waals surface area contributed by atoms with E-state index in [1.165, 1.54) is 50.3 Å². The first kappa shape index (κ1) is 13.9. The van der Waals surface area contributed by atoms with Crippen LogP contribution in [0.1, 0.15) is 34.6 Å². The highest BCUT2D eigenvalue weighted by Crippen LogP contribution is 2.05. The number of rotatable bonds is 8. The first-order valence-electron chi connectivity index (χ1n) is 6.25. The molecule has 14 heavy (non-hydrogen) atoms. The summed E-state index contributed by atoms with van der Waals surface area (Å²) in [5, 5.41) is 0. The van der Waals surface area contributed by atoms with Gasteiger partial charge in [0.2, 0.25) is 0 Å². The van der Waals surface area contributed by atoms with Crippen LogP contribution < -0.4 is 0 Å². The number of nitrogens with zero attached hydrogens (tertiary/aromatic N) is 2. The minimum absolute atomic E-state index is 1.19. The molecular weight excluding hydrogens is 172 g/mol. The van der Waals surface area contributed by atoms with E-state index in [9.17, 15) is 0 Å². The molecule has 0 unspecified atom stereocenters. The summed E-state index contributed by atoms with van der Waals surface area (Å²) in [6, 6.07) is 0. The molecule has 0 spiro atoms. The monoisotopic (exact) mass is 201 g/mol. The predicted octanol–water partition coefficient (Wildman–Crippen LogP) is 2.20. The van der Waals surface area contributed by atoms with Crippen LogP contribution in [0, 0.1) is 0 Å². The van der Waals surface area contributed by atoms with E-state index >= 15 is 0 Å². The molecule has 0 aromatic heterocycles. The number of quaternary nitrogens is 1. The number of hydrogen-bond donors (Lipinski definition) is 0. The zero-order chi connectivity index (χ0) is 11.0. The summed E-state index contributed by atoms with van der Waals surface area (Å²) in [4.78, 5) is 2.52. The summed E-state index contributed by atoms with van der Waals surface area (Å²) in [6.07, 6.45) is 0. The van der Waals surface area contributed by atoms with Crippen molar-refractivity contribution < 1.29 is 4.48 Å². The van der Waals surface area contributed by atoms with Crippen molar-refractivity contribution in [3.63, 3.8) is 0 Å². The normalized spacial score (nSPS) is 12.4. The molecule has 0 saturated heterocycles. The maximum absolute atomic E-state index is 2.52. The third kappa shape index (κ3) is 3.97. The Bertz CT molecular complexity index is 118. The smallest absolute Gasteiger partial charge is 0.0915 e. The minimum Gasteiger partial charge on any atom is -0.323 e. The first-order valence-corrected chi connectivity index (χ1v) is 6.25. The van der Waals surface area contributed by atoms with Crippen molar-refractivity contribution in [1.29, 1.82) is 0 Å². The summed E-state index contributed by atoms with van der Waals surface area (Å²) in [5.74, 6) is 0. The van der Waals surface area contributed by atoms with E-state index in [-0.39, 0.29) is 0 Å². The van der Waals surface area contributed by atoms with Gasteiger partial charge in [-0.05, 0) is 33.9 Å². The molecule has 2 heteroatoms. The van der Waals surface area contributed by atoms with Crippen LogP contribution in [0.5, 0.6) is 0 Å². The fraction of sp³-hybridized carbons (Fsp3) is 1.00. The third-order valence-corrected chi connectivity index (χ3v) is 3.80. The summed E-state index contributed by atoms with van der Waals surface area (Å²) in [7, 11) is 0. The van der Waals surface area contributed by atoms with Crippen molar-refractivity contribution in [2.24, 2.45) is 0 Å². The van der Waals surface area contributed by atoms with E-state index < -0.39 is 0 Å². The van der Waals surface area contributed by atoms with Crippen LogP contribution in [-0.2, 0) is 0 Å². The van der Waals surface area contributed by atoms with Gasteiger partial charge in [-0.3, -0.25) is 4.90 Å². The molecule has 0 saturated carbocycles. The van der Waals surface area contributed by atoms with Crippen LogP contribution in [0.4, 0.5) is 0 Å². The largest absolute Gasteiger partial charge is 0.323 e. The molecule has 0 rings (SSSR count). The highest BCUT2D eigenvalue weighted by Gasteiger charge is 2.20. The summed E-state index contributed by atoms with van der Waals surface area (Å²) < 4.78 is 1.27. The maximum atomic E-state index is 2.52. The average molecular weight is 201 g/mol. The lowest BCUT2D eigenvalue weighted by Gasteiger charge is -2.37. The third-order valence-electron chi connectivity index (χ3n) is 3.80. The summed E-state index contributed by atoms with van der Waals surface area (Å²) >= 11 is 0. The van der Waals surface area contributed by atoms with Crippen LogP contribution in [0.2, 0.25) is 0 Å². The van der Waals surface area contributed by atoms with Crippen molar-refractivity contribution in [1.82, 2.24) is 4.90 Å². The number of hydrogen-bond acceptors (Lipinski definition) is 1. The fourth-order valence-electron chi connectivity index (χ4n) is 2.04. The molecule has 86 valence electrons. The van der Waals surface area contributed by atoms with E-state index in [1.54, 1.807) is 0 Å². The van der Waals surface area contributed by atoms with Gasteiger partial charge in [-0.15, -0.1) is 0 Å². The fourth-order valence-corrected chi connectivity index (χ4v) is 2.04. The standard InChI is InChI=1S/C12H29N2/c1-6-13(7-2)11-12-14(8-3,9-4)10-5/h6-12H2,1-5H3/q+1. The van der Waals surface area contributed by atoms with Crippen LogP contribution in [-0.4, -0.2) is 55.2 Å². The van der Waals surface area contributed by atoms with Crippen LogP contribution in [0.25, 0.3) is 0 Å². The van der Waals surface area contributed by atoms with Gasteiger partial charge in [0.1, 0.15) is 0 Å². The Labute approximate surface area is 90.5 Å². The van der Waals surface area contributed by atoms with Gasteiger partial charge in [0.25, 0.3) is 0 Å². The second kappa shape index (κ2) is 7.24. The highest BCUT2D eigenvalue weighted by molar-refractivity contribution is 4.51. The molecular formula is C12H29N2+. The van der Waals surface area contributed by atoms with Crippen molar-refractivity contribution in [3.05, 3.63) is 0 Å². The van der Waals surface area contributed by atoms with Gasteiger partial charge in [-0.25, -0.2) is 0 Å². The number of likely N-dealkylation sites (N-methyl/N-ethyl adjacent to an activating group) is 2. The van der Waals surface area contributed by atoms with Gasteiger partial charge in [-0.2, -0.15) is 0 Å². The molecule has 0 aromatic rings. The average Bonchev–Trinajstić information content (AvgIpc) is 2.26. The Balaban J connectivity index is 4.04. The minimum atomic E-state index is 1.19. The first-order chi connectivity index (χ1) is 6.67. The Kier molecular flexibility index (Phi) is 7.20. The van der Waals surface area contributed by atoms with Crippen LogP contribution >= 0.6 is 0 Å². The van der Waals surface area contributed by atoms with E-state index in [4.69, 9.17) is 0 Å². The molecule has 2 nitrogen and oxygen atoms in total. The molecule has 0 aliphatic rings. The molecule has 0 heterocycles. The Morgan fingerprint density at radius 1 is 0.786 bits per heavy atom. The summed E-state index contributed by atoms with van der Waals surface area (Å²) in [6.45, 7) is 20.2. The Morgan fingerprint density at radius 2 is 1.21 bits per heavy atom. The second-order valence-corrected chi connectivity index (χ2v) is 4.04. The quantitative estimate of drug-likeness (QED) is 0.544. The van der Waals surface area contributed by atoms with Gasteiger partial charge in [0.05, 0.1) is 26.2 Å². The van der Waals surface area contributed by atoms with E-state index in [0.29, 0.717) is 0 Å². The van der Waals surface area contributed by atoms with E-state index in [2.05, 4.69) is 39.5 Å². The SMILES string of the molecule is CCN(CC)CC[N+](CC)(CC)CC. The molecule has 0 radical (unpaired) electrons. The highest BCUT2D eigenvalue weighted by atomic mass is 15.4. The molecule has 0 atom stereocenters. The van der Waals surface area contributed by atoms with Crippen molar-refractivity contribution in [3.8, 4) is 0 Å². The van der Waals surface area contributed by atoms with Gasteiger partial charge < -0.3 is 4.48 Å². The molecule has 0 aliphatic carbocycles. The van der Waals surface area contributed by atoms with E-state index in [1.807, 2.05) is 0 Å². The second-order valence-electron chi connectivity index (χ2n) is 4.04. The van der Waals surface area contributed by atoms with Crippen molar-refractivity contribution >= 4 is 0 Å². The van der Waals surface area contributed by atoms with Gasteiger partial charge in [-0.1, -0.05) is 13.8 Å².